The Balaban J connectivity index is 1.03. The molecule has 2 aromatic heterocycles. The van der Waals surface area contributed by atoms with Gasteiger partial charge in [0.1, 0.15) is 29.5 Å². The van der Waals surface area contributed by atoms with Crippen molar-refractivity contribution in [1.29, 1.82) is 0 Å². The second-order valence-corrected chi connectivity index (χ2v) is 17.4. The molecule has 2 saturated heterocycles. The lowest BCUT2D eigenvalue weighted by Crippen LogP contribution is -2.56. The highest BCUT2D eigenvalue weighted by Gasteiger charge is 2.52. The molecule has 15 nitrogen and oxygen atoms in total. The van der Waals surface area contributed by atoms with Crippen LogP contribution >= 0.6 is 0 Å². The maximum atomic E-state index is 16.1. The fourth-order valence-electron chi connectivity index (χ4n) is 9.90. The number of aromatic nitrogens is 4. The average molecular weight is 851 g/mol. The Kier molecular flexibility index (Phi) is 11.7. The number of benzene rings is 3. The topological polar surface area (TPSA) is 184 Å². The highest BCUT2D eigenvalue weighted by atomic mass is 19.1. The first kappa shape index (κ1) is 42.7. The van der Waals surface area contributed by atoms with E-state index in [1.807, 2.05) is 67.0 Å². The van der Waals surface area contributed by atoms with Crippen molar-refractivity contribution in [3.63, 3.8) is 0 Å². The van der Waals surface area contributed by atoms with Gasteiger partial charge in [0.05, 0.1) is 55.3 Å². The van der Waals surface area contributed by atoms with Gasteiger partial charge in [0.25, 0.3) is 0 Å². The normalized spacial score (nSPS) is 23.5. The van der Waals surface area contributed by atoms with Gasteiger partial charge in [-0.05, 0) is 98.1 Å². The van der Waals surface area contributed by atoms with E-state index in [9.17, 15) is 19.2 Å². The Labute approximate surface area is 359 Å². The molecule has 9 atom stereocenters. The quantitative estimate of drug-likeness (QED) is 0.105. The molecule has 4 amide bonds. The maximum Gasteiger partial charge on any atom is 0.407 e. The molecular formula is C46H55FN8O7. The van der Waals surface area contributed by atoms with E-state index in [2.05, 4.69) is 32.5 Å². The van der Waals surface area contributed by atoms with Gasteiger partial charge in [-0.2, -0.15) is 0 Å². The average Bonchev–Trinajstić information content (AvgIpc) is 4.13. The molecule has 3 aliphatic rings. The second-order valence-electron chi connectivity index (χ2n) is 17.4. The second kappa shape index (κ2) is 17.0. The van der Waals surface area contributed by atoms with Crippen LogP contribution in [0.5, 0.6) is 0 Å². The number of hydrogen-bond acceptors (Lipinski definition) is 9. The van der Waals surface area contributed by atoms with Crippen molar-refractivity contribution in [2.24, 2.45) is 17.8 Å². The number of carbonyl (C=O) groups excluding carboxylic acids is 4. The van der Waals surface area contributed by atoms with Crippen molar-refractivity contribution in [2.75, 3.05) is 21.3 Å². The Morgan fingerprint density at radius 2 is 1.52 bits per heavy atom. The molecule has 1 aliphatic carbocycles. The number of ether oxygens (including phenoxy) is 3. The summed E-state index contributed by atoms with van der Waals surface area (Å²) in [6, 6.07) is 12.6. The van der Waals surface area contributed by atoms with Crippen LogP contribution in [0.2, 0.25) is 0 Å². The van der Waals surface area contributed by atoms with Gasteiger partial charge in [-0.3, -0.25) is 9.59 Å². The van der Waals surface area contributed by atoms with Gasteiger partial charge < -0.3 is 44.6 Å². The molecule has 0 radical (unpaired) electrons. The molecule has 2 aliphatic heterocycles. The molecule has 1 unspecified atom stereocenters. The first-order valence-electron chi connectivity index (χ1n) is 21.4. The highest BCUT2D eigenvalue weighted by Crippen LogP contribution is 2.50. The minimum absolute atomic E-state index is 0.0109. The van der Waals surface area contributed by atoms with Gasteiger partial charge in [-0.25, -0.2) is 23.9 Å². The number of carbonyl (C=O) groups is 4. The van der Waals surface area contributed by atoms with Gasteiger partial charge in [-0.15, -0.1) is 0 Å². The molecule has 328 valence electrons. The van der Waals surface area contributed by atoms with E-state index in [-0.39, 0.29) is 53.7 Å². The molecule has 2 bridgehead atoms. The molecule has 3 aromatic carbocycles. The molecular weight excluding hydrogens is 796 g/mol. The fraction of sp³-hybridized carbons (Fsp3) is 0.478. The Morgan fingerprint density at radius 1 is 0.823 bits per heavy atom. The minimum atomic E-state index is -0.957. The number of piperidine rings is 1. The summed E-state index contributed by atoms with van der Waals surface area (Å²) >= 11 is 0. The smallest absolute Gasteiger partial charge is 0.407 e. The number of aromatic amines is 2. The number of halogens is 1. The lowest BCUT2D eigenvalue weighted by atomic mass is 9.96. The Bertz CT molecular complexity index is 2520. The first-order valence-corrected chi connectivity index (χ1v) is 21.4. The van der Waals surface area contributed by atoms with Crippen molar-refractivity contribution in [3.8, 4) is 22.4 Å². The van der Waals surface area contributed by atoms with E-state index in [4.69, 9.17) is 19.2 Å². The van der Waals surface area contributed by atoms with Crippen molar-refractivity contribution in [2.45, 2.75) is 103 Å². The lowest BCUT2D eigenvalue weighted by Gasteiger charge is -2.37. The van der Waals surface area contributed by atoms with Crippen LogP contribution in [0.1, 0.15) is 84.0 Å². The Hall–Kier alpha value is -6.03. The summed E-state index contributed by atoms with van der Waals surface area (Å²) in [6.07, 6.45) is 2.94. The monoisotopic (exact) mass is 850 g/mol. The third-order valence-corrected chi connectivity index (χ3v) is 13.5. The third-order valence-electron chi connectivity index (χ3n) is 13.5. The van der Waals surface area contributed by atoms with E-state index >= 15 is 4.39 Å². The van der Waals surface area contributed by atoms with Crippen LogP contribution in [-0.4, -0.2) is 105 Å². The standard InChI is InChI=1S/C46H55FN8O7/c1-22(2)37(52-45(58)61-7)43(56)54-24(4)23(3)17-36(54)41-49-34-16-12-28-18-26(10-14-31(28)39(34)51-41)27-11-15-32(33(47)20-27)35-21-48-42(50-35)40-29-9-13-30(19-29)55(40)44(57)38(25(5)60-6)53-46(59)62-8/h10-12,14-16,18,20-25,29-30,36-38,40H,9,13,17,19H2,1-8H3,(H,48,50)(H,49,51)(H,52,58)(H,53,59)/t23-,24-,25-,29+,30-,36+,37+,38?,40+/m1/s1. The molecule has 16 heteroatoms. The van der Waals surface area contributed by atoms with E-state index in [1.165, 1.54) is 27.4 Å². The van der Waals surface area contributed by atoms with Crippen molar-refractivity contribution >= 4 is 45.8 Å². The molecule has 3 fully saturated rings. The van der Waals surface area contributed by atoms with Gasteiger partial charge in [0.2, 0.25) is 11.8 Å². The zero-order valence-electron chi connectivity index (χ0n) is 36.3. The molecule has 4 heterocycles. The molecule has 1 saturated carbocycles. The summed E-state index contributed by atoms with van der Waals surface area (Å²) in [5.41, 5.74) is 3.98. The predicted octanol–water partition coefficient (Wildman–Crippen LogP) is 7.40. The number of likely N-dealkylation sites (tertiary alicyclic amines) is 2. The van der Waals surface area contributed by atoms with Crippen LogP contribution in [0.25, 0.3) is 44.2 Å². The lowest BCUT2D eigenvalue weighted by molar-refractivity contribution is -0.141. The Morgan fingerprint density at radius 3 is 2.21 bits per heavy atom. The molecule has 8 rings (SSSR count). The summed E-state index contributed by atoms with van der Waals surface area (Å²) in [5.74, 6) is 0.587. The fourth-order valence-corrected chi connectivity index (χ4v) is 9.90. The minimum Gasteiger partial charge on any atom is -0.453 e. The SMILES string of the molecule is COC(=O)NC(C(=O)N1[C@@H]2CC[C@@H](C2)[C@H]1c1ncc(-c2ccc(-c3ccc4c(ccc5nc([C@@H]6C[C@@H](C)[C@@H](C)N6C(=O)[C@@H](NC(=O)OC)C(C)C)[nH]c54)c3)cc2F)[nH]1)[C@@H](C)OC. The van der Waals surface area contributed by atoms with Crippen LogP contribution in [0.4, 0.5) is 14.0 Å². The van der Waals surface area contributed by atoms with Crippen LogP contribution in [0.3, 0.4) is 0 Å². The zero-order chi connectivity index (χ0) is 44.1. The van der Waals surface area contributed by atoms with Crippen molar-refractivity contribution < 1.29 is 37.8 Å². The number of methoxy groups -OCH3 is 3. The van der Waals surface area contributed by atoms with Gasteiger partial charge in [-0.1, -0.05) is 45.0 Å². The number of nitrogens with one attached hydrogen (secondary N) is 4. The van der Waals surface area contributed by atoms with Crippen LogP contribution in [0, 0.1) is 23.6 Å². The number of nitrogens with zero attached hydrogens (tertiary/aromatic N) is 4. The van der Waals surface area contributed by atoms with Crippen molar-refractivity contribution in [1.82, 2.24) is 40.4 Å². The number of alkyl carbamates (subject to hydrolysis) is 2. The van der Waals surface area contributed by atoms with E-state index in [0.717, 1.165) is 46.6 Å². The number of H-pyrrole nitrogens is 2. The van der Waals surface area contributed by atoms with Crippen LogP contribution in [-0.2, 0) is 23.8 Å². The van der Waals surface area contributed by atoms with Crippen LogP contribution < -0.4 is 10.6 Å². The summed E-state index contributed by atoms with van der Waals surface area (Å²) in [5, 5.41) is 7.25. The number of hydrogen-bond donors (Lipinski definition) is 4. The van der Waals surface area contributed by atoms with Crippen molar-refractivity contribution in [3.05, 3.63) is 72.2 Å². The molecule has 4 N–H and O–H groups in total. The van der Waals surface area contributed by atoms with E-state index in [1.54, 1.807) is 19.2 Å². The largest absolute Gasteiger partial charge is 0.453 e. The van der Waals surface area contributed by atoms with E-state index < -0.39 is 36.2 Å². The summed E-state index contributed by atoms with van der Waals surface area (Å²) < 4.78 is 31.2. The summed E-state index contributed by atoms with van der Waals surface area (Å²) in [6.45, 7) is 9.67. The summed E-state index contributed by atoms with van der Waals surface area (Å²) in [4.78, 5) is 72.7. The molecule has 62 heavy (non-hydrogen) atoms. The van der Waals surface area contributed by atoms with Gasteiger partial charge in [0.15, 0.2) is 0 Å². The van der Waals surface area contributed by atoms with E-state index in [0.29, 0.717) is 34.9 Å². The maximum absolute atomic E-state index is 16.1. The summed E-state index contributed by atoms with van der Waals surface area (Å²) in [7, 11) is 4.02. The van der Waals surface area contributed by atoms with Gasteiger partial charge >= 0.3 is 12.2 Å². The highest BCUT2D eigenvalue weighted by molar-refractivity contribution is 6.05. The first-order chi connectivity index (χ1) is 29.7. The number of fused-ring (bicyclic) bond motifs is 5. The number of rotatable bonds is 11. The predicted molar refractivity (Wildman–Crippen MR) is 230 cm³/mol. The number of imidazole rings is 2. The van der Waals surface area contributed by atoms with Crippen LogP contribution in [0.15, 0.2) is 54.7 Å². The van der Waals surface area contributed by atoms with Gasteiger partial charge in [0, 0.05) is 30.1 Å². The number of amides is 4. The molecule has 5 aromatic rings. The molecule has 0 spiro atoms. The zero-order valence-corrected chi connectivity index (χ0v) is 36.3. The third kappa shape index (κ3) is 7.62.